The van der Waals surface area contributed by atoms with Gasteiger partial charge >= 0.3 is 5.97 Å². The Kier molecular flexibility index (Phi) is 10.8. The lowest BCUT2D eigenvalue weighted by atomic mass is 9.86. The summed E-state index contributed by atoms with van der Waals surface area (Å²) in [5.41, 5.74) is -0.303. The molecule has 3 rings (SSSR count). The van der Waals surface area contributed by atoms with E-state index in [9.17, 15) is 32.3 Å². The number of halogens is 3. The van der Waals surface area contributed by atoms with Gasteiger partial charge in [-0.1, -0.05) is 18.7 Å². The molecule has 0 aliphatic carbocycles. The van der Waals surface area contributed by atoms with Crippen molar-refractivity contribution in [2.45, 2.75) is 39.0 Å². The van der Waals surface area contributed by atoms with Crippen LogP contribution in [-0.2, 0) is 19.1 Å². The van der Waals surface area contributed by atoms with Crippen LogP contribution in [0.25, 0.3) is 0 Å². The third-order valence-electron chi connectivity index (χ3n) is 6.66. The Bertz CT molecular complexity index is 1180. The standard InChI is InChI=1S/C28H30F3NO6S/c1-3-12-37-25(35)14-19(23(34)16-38-27-17(2)20(29)15-21(30)26(27)31)6-7-22(33)18-8-10-32(11-9-18)28(36)24-5-4-13-39-24/h3-5,13,15,18-19H,1,6-12,14,16H2,2H3/t19-/m0/s1. The minimum Gasteiger partial charge on any atom is -0.482 e. The number of amides is 1. The Morgan fingerprint density at radius 3 is 2.54 bits per heavy atom. The van der Waals surface area contributed by atoms with Crippen LogP contribution in [0.2, 0.25) is 0 Å². The van der Waals surface area contributed by atoms with Gasteiger partial charge in [0, 0.05) is 43.0 Å². The maximum absolute atomic E-state index is 14.1. The lowest BCUT2D eigenvalue weighted by molar-refractivity contribution is -0.146. The van der Waals surface area contributed by atoms with Crippen molar-refractivity contribution in [3.63, 3.8) is 0 Å². The molecule has 0 N–H and O–H groups in total. The molecule has 11 heteroatoms. The monoisotopic (exact) mass is 565 g/mol. The van der Waals surface area contributed by atoms with Crippen molar-refractivity contribution < 1.29 is 41.8 Å². The number of carbonyl (C=O) groups is 4. The second-order valence-electron chi connectivity index (χ2n) is 9.28. The number of Topliss-reactive ketones (excluding diaryl/α,β-unsaturated/α-hetero) is 2. The van der Waals surface area contributed by atoms with E-state index in [1.54, 1.807) is 17.0 Å². The van der Waals surface area contributed by atoms with E-state index in [0.29, 0.717) is 36.9 Å². The van der Waals surface area contributed by atoms with E-state index in [2.05, 4.69) is 6.58 Å². The third kappa shape index (κ3) is 8.01. The molecule has 1 aliphatic rings. The minimum atomic E-state index is -1.46. The van der Waals surface area contributed by atoms with Gasteiger partial charge in [-0.25, -0.2) is 8.78 Å². The maximum atomic E-state index is 14.1. The fraction of sp³-hybridized carbons (Fsp3) is 0.429. The van der Waals surface area contributed by atoms with Gasteiger partial charge < -0.3 is 14.4 Å². The van der Waals surface area contributed by atoms with Gasteiger partial charge in [-0.3, -0.25) is 19.2 Å². The van der Waals surface area contributed by atoms with Crippen molar-refractivity contribution in [2.24, 2.45) is 11.8 Å². The van der Waals surface area contributed by atoms with Crippen LogP contribution in [0.15, 0.2) is 36.2 Å². The molecule has 0 spiro atoms. The van der Waals surface area contributed by atoms with Gasteiger partial charge in [0.1, 0.15) is 24.8 Å². The van der Waals surface area contributed by atoms with E-state index in [1.165, 1.54) is 24.3 Å². The number of carbonyl (C=O) groups excluding carboxylic acids is 4. The molecule has 39 heavy (non-hydrogen) atoms. The first-order valence-corrected chi connectivity index (χ1v) is 13.4. The second kappa shape index (κ2) is 14.1. The average molecular weight is 566 g/mol. The highest BCUT2D eigenvalue weighted by Gasteiger charge is 2.30. The maximum Gasteiger partial charge on any atom is 0.306 e. The molecule has 0 bridgehead atoms. The molecular weight excluding hydrogens is 535 g/mol. The summed E-state index contributed by atoms with van der Waals surface area (Å²) in [7, 11) is 0. The van der Waals surface area contributed by atoms with Crippen molar-refractivity contribution in [1.82, 2.24) is 4.90 Å². The Hall–Kier alpha value is -3.47. The molecule has 210 valence electrons. The predicted octanol–water partition coefficient (Wildman–Crippen LogP) is 5.06. The summed E-state index contributed by atoms with van der Waals surface area (Å²) in [6.45, 7) is 4.69. The SMILES string of the molecule is C=CCOC(=O)C[C@H](CCC(=O)C1CCN(C(=O)c2cccs2)CC1)C(=O)COc1c(C)c(F)cc(F)c1F. The molecule has 1 atom stereocenters. The van der Waals surface area contributed by atoms with E-state index in [0.717, 1.165) is 0 Å². The second-order valence-corrected chi connectivity index (χ2v) is 10.2. The van der Waals surface area contributed by atoms with Crippen LogP contribution in [0.5, 0.6) is 5.75 Å². The first-order chi connectivity index (χ1) is 18.6. The highest BCUT2D eigenvalue weighted by atomic mass is 32.1. The Morgan fingerprint density at radius 2 is 1.90 bits per heavy atom. The molecule has 1 aromatic carbocycles. The number of benzene rings is 1. The minimum absolute atomic E-state index is 0.00331. The Balaban J connectivity index is 1.59. The van der Waals surface area contributed by atoms with Crippen LogP contribution >= 0.6 is 11.3 Å². The normalized spacial score (nSPS) is 14.5. The first-order valence-electron chi connectivity index (χ1n) is 12.5. The highest BCUT2D eigenvalue weighted by molar-refractivity contribution is 7.12. The van der Waals surface area contributed by atoms with Crippen molar-refractivity contribution >= 4 is 34.8 Å². The molecule has 1 fully saturated rings. The summed E-state index contributed by atoms with van der Waals surface area (Å²) in [6, 6.07) is 3.94. The summed E-state index contributed by atoms with van der Waals surface area (Å²) in [5.74, 6) is -7.42. The molecule has 1 saturated heterocycles. The molecule has 7 nitrogen and oxygen atoms in total. The van der Waals surface area contributed by atoms with Gasteiger partial charge in [-0.05, 0) is 37.6 Å². The van der Waals surface area contributed by atoms with E-state index >= 15 is 0 Å². The van der Waals surface area contributed by atoms with E-state index < -0.39 is 47.5 Å². The molecule has 2 heterocycles. The molecule has 1 aromatic heterocycles. The number of likely N-dealkylation sites (tertiary alicyclic amines) is 1. The molecule has 0 unspecified atom stereocenters. The Morgan fingerprint density at radius 1 is 1.18 bits per heavy atom. The van der Waals surface area contributed by atoms with Crippen LogP contribution < -0.4 is 4.74 Å². The molecule has 1 aliphatic heterocycles. The topological polar surface area (TPSA) is 90.0 Å². The quantitative estimate of drug-likeness (QED) is 0.192. The third-order valence-corrected chi connectivity index (χ3v) is 7.52. The molecule has 1 amide bonds. The number of piperidine rings is 1. The highest BCUT2D eigenvalue weighted by Crippen LogP contribution is 2.28. The van der Waals surface area contributed by atoms with Crippen LogP contribution in [0.1, 0.15) is 47.3 Å². The zero-order chi connectivity index (χ0) is 28.5. The van der Waals surface area contributed by atoms with Gasteiger partial charge in [0.2, 0.25) is 5.82 Å². The van der Waals surface area contributed by atoms with Crippen molar-refractivity contribution in [2.75, 3.05) is 26.3 Å². The van der Waals surface area contributed by atoms with E-state index in [-0.39, 0.29) is 49.0 Å². The van der Waals surface area contributed by atoms with Crippen molar-refractivity contribution in [3.05, 3.63) is 64.1 Å². The fourth-order valence-electron chi connectivity index (χ4n) is 4.37. The number of rotatable bonds is 13. The lowest BCUT2D eigenvalue weighted by Gasteiger charge is -2.31. The summed E-state index contributed by atoms with van der Waals surface area (Å²) in [4.78, 5) is 52.9. The van der Waals surface area contributed by atoms with E-state index in [1.807, 2.05) is 5.38 Å². The summed E-state index contributed by atoms with van der Waals surface area (Å²) in [5, 5.41) is 1.83. The summed E-state index contributed by atoms with van der Waals surface area (Å²) < 4.78 is 51.7. The van der Waals surface area contributed by atoms with Crippen LogP contribution in [0.3, 0.4) is 0 Å². The lowest BCUT2D eigenvalue weighted by Crippen LogP contribution is -2.40. The van der Waals surface area contributed by atoms with Crippen LogP contribution in [0.4, 0.5) is 13.2 Å². The molecule has 0 saturated carbocycles. The molecule has 0 radical (unpaired) electrons. The van der Waals surface area contributed by atoms with Gasteiger partial charge in [0.05, 0.1) is 11.3 Å². The average Bonchev–Trinajstić information content (AvgIpc) is 3.47. The smallest absolute Gasteiger partial charge is 0.306 e. The predicted molar refractivity (Wildman–Crippen MR) is 138 cm³/mol. The largest absolute Gasteiger partial charge is 0.482 e. The Labute approximate surface area is 228 Å². The van der Waals surface area contributed by atoms with Gasteiger partial charge in [-0.2, -0.15) is 4.39 Å². The zero-order valence-electron chi connectivity index (χ0n) is 21.6. The van der Waals surface area contributed by atoms with Crippen molar-refractivity contribution in [1.29, 1.82) is 0 Å². The molecule has 2 aromatic rings. The summed E-state index contributed by atoms with van der Waals surface area (Å²) >= 11 is 1.36. The summed E-state index contributed by atoms with van der Waals surface area (Å²) in [6.07, 6.45) is 2.00. The molecular formula is C28H30F3NO6S. The number of thiophene rings is 1. The van der Waals surface area contributed by atoms with Crippen molar-refractivity contribution in [3.8, 4) is 5.75 Å². The van der Waals surface area contributed by atoms with Crippen LogP contribution in [-0.4, -0.2) is 54.6 Å². The van der Waals surface area contributed by atoms with Gasteiger partial charge in [0.15, 0.2) is 17.3 Å². The first kappa shape index (κ1) is 30.1. The van der Waals surface area contributed by atoms with Gasteiger partial charge in [0.25, 0.3) is 5.91 Å². The fourth-order valence-corrected chi connectivity index (χ4v) is 5.06. The zero-order valence-corrected chi connectivity index (χ0v) is 22.4. The van der Waals surface area contributed by atoms with E-state index in [4.69, 9.17) is 9.47 Å². The van der Waals surface area contributed by atoms with Crippen LogP contribution in [0, 0.1) is 36.2 Å². The number of nitrogens with zero attached hydrogens (tertiary/aromatic N) is 1. The number of ether oxygens (including phenoxy) is 2. The number of hydrogen-bond donors (Lipinski definition) is 0. The number of esters is 1. The van der Waals surface area contributed by atoms with Gasteiger partial charge in [-0.15, -0.1) is 11.3 Å². The number of ketones is 2. The number of hydrogen-bond acceptors (Lipinski definition) is 7.